The van der Waals surface area contributed by atoms with Crippen LogP contribution in [0.4, 0.5) is 0 Å². The molecule has 0 amide bonds. The summed E-state index contributed by atoms with van der Waals surface area (Å²) in [6.07, 6.45) is 1.77. The Balaban J connectivity index is 3.03. The molecule has 0 bridgehead atoms. The SMILES string of the molecule is CCOC(=O)CSCCCCO. The number of ether oxygens (including phenoxy) is 1. The third-order valence-corrected chi connectivity index (χ3v) is 2.24. The highest BCUT2D eigenvalue weighted by atomic mass is 32.2. The molecule has 0 aliphatic heterocycles. The fourth-order valence-corrected chi connectivity index (χ4v) is 1.48. The van der Waals surface area contributed by atoms with E-state index < -0.39 is 0 Å². The van der Waals surface area contributed by atoms with Crippen molar-refractivity contribution in [2.75, 3.05) is 24.7 Å². The molecule has 0 radical (unpaired) electrons. The van der Waals surface area contributed by atoms with Crippen LogP contribution in [0.2, 0.25) is 0 Å². The van der Waals surface area contributed by atoms with Crippen molar-refractivity contribution in [2.45, 2.75) is 19.8 Å². The molecular formula is C8H16O3S. The van der Waals surface area contributed by atoms with E-state index in [1.165, 1.54) is 0 Å². The lowest BCUT2D eigenvalue weighted by molar-refractivity contribution is -0.139. The van der Waals surface area contributed by atoms with Gasteiger partial charge in [-0.2, -0.15) is 11.8 Å². The minimum absolute atomic E-state index is 0.147. The highest BCUT2D eigenvalue weighted by Gasteiger charge is 1.99. The van der Waals surface area contributed by atoms with Gasteiger partial charge in [-0.25, -0.2) is 0 Å². The van der Waals surface area contributed by atoms with E-state index in [9.17, 15) is 4.79 Å². The Morgan fingerprint density at radius 2 is 2.25 bits per heavy atom. The molecule has 0 saturated carbocycles. The van der Waals surface area contributed by atoms with E-state index in [1.54, 1.807) is 18.7 Å². The number of unbranched alkanes of at least 4 members (excludes halogenated alkanes) is 1. The molecule has 4 heteroatoms. The third-order valence-electron chi connectivity index (χ3n) is 1.22. The molecular weight excluding hydrogens is 176 g/mol. The zero-order chi connectivity index (χ0) is 9.23. The van der Waals surface area contributed by atoms with Crippen molar-refractivity contribution in [1.29, 1.82) is 0 Å². The summed E-state index contributed by atoms with van der Waals surface area (Å²) >= 11 is 1.56. The average Bonchev–Trinajstić information content (AvgIpc) is 2.05. The molecule has 3 nitrogen and oxygen atoms in total. The topological polar surface area (TPSA) is 46.5 Å². The largest absolute Gasteiger partial charge is 0.465 e. The summed E-state index contributed by atoms with van der Waals surface area (Å²) < 4.78 is 4.74. The second-order valence-electron chi connectivity index (χ2n) is 2.29. The van der Waals surface area contributed by atoms with Crippen LogP contribution in [-0.2, 0) is 9.53 Å². The van der Waals surface area contributed by atoms with Crippen LogP contribution in [0.3, 0.4) is 0 Å². The van der Waals surface area contributed by atoms with Crippen molar-refractivity contribution in [1.82, 2.24) is 0 Å². The van der Waals surface area contributed by atoms with Crippen molar-refractivity contribution in [3.05, 3.63) is 0 Å². The summed E-state index contributed by atoms with van der Waals surface area (Å²) in [5, 5.41) is 8.46. The van der Waals surface area contributed by atoms with E-state index in [1.807, 2.05) is 0 Å². The first-order chi connectivity index (χ1) is 5.81. The summed E-state index contributed by atoms with van der Waals surface area (Å²) in [6.45, 7) is 2.49. The molecule has 0 aromatic carbocycles. The maximum atomic E-state index is 10.8. The zero-order valence-electron chi connectivity index (χ0n) is 7.41. The zero-order valence-corrected chi connectivity index (χ0v) is 8.23. The Kier molecular flexibility index (Phi) is 8.71. The molecule has 0 spiro atoms. The van der Waals surface area contributed by atoms with Gasteiger partial charge in [-0.15, -0.1) is 0 Å². The molecule has 0 fully saturated rings. The third kappa shape index (κ3) is 7.88. The molecule has 0 rings (SSSR count). The number of hydrogen-bond donors (Lipinski definition) is 1. The monoisotopic (exact) mass is 192 g/mol. The normalized spacial score (nSPS) is 9.83. The summed E-state index contributed by atoms with van der Waals surface area (Å²) in [5.41, 5.74) is 0. The van der Waals surface area contributed by atoms with Gasteiger partial charge in [0.05, 0.1) is 12.4 Å². The van der Waals surface area contributed by atoms with Gasteiger partial charge in [-0.05, 0) is 25.5 Å². The highest BCUT2D eigenvalue weighted by Crippen LogP contribution is 2.04. The van der Waals surface area contributed by atoms with Gasteiger partial charge in [-0.3, -0.25) is 4.79 Å². The second-order valence-corrected chi connectivity index (χ2v) is 3.39. The van der Waals surface area contributed by atoms with E-state index in [-0.39, 0.29) is 12.6 Å². The smallest absolute Gasteiger partial charge is 0.315 e. The first kappa shape index (κ1) is 11.8. The summed E-state index contributed by atoms with van der Waals surface area (Å²) in [7, 11) is 0. The van der Waals surface area contributed by atoms with Gasteiger partial charge in [-0.1, -0.05) is 0 Å². The van der Waals surface area contributed by atoms with Crippen LogP contribution in [0.1, 0.15) is 19.8 Å². The van der Waals surface area contributed by atoms with Crippen molar-refractivity contribution < 1.29 is 14.6 Å². The van der Waals surface area contributed by atoms with E-state index in [4.69, 9.17) is 9.84 Å². The van der Waals surface area contributed by atoms with Crippen LogP contribution in [0, 0.1) is 0 Å². The van der Waals surface area contributed by atoms with E-state index >= 15 is 0 Å². The quantitative estimate of drug-likeness (QED) is 0.484. The van der Waals surface area contributed by atoms with Crippen molar-refractivity contribution in [3.8, 4) is 0 Å². The Hall–Kier alpha value is -0.220. The fraction of sp³-hybridized carbons (Fsp3) is 0.875. The fourth-order valence-electron chi connectivity index (χ4n) is 0.674. The van der Waals surface area contributed by atoms with Crippen LogP contribution < -0.4 is 0 Å². The lowest BCUT2D eigenvalue weighted by atomic mass is 10.4. The Labute approximate surface area is 77.5 Å². The van der Waals surface area contributed by atoms with E-state index in [0.717, 1.165) is 18.6 Å². The van der Waals surface area contributed by atoms with Gasteiger partial charge in [0.2, 0.25) is 0 Å². The first-order valence-corrected chi connectivity index (χ1v) is 5.31. The summed E-state index contributed by atoms with van der Waals surface area (Å²) in [4.78, 5) is 10.8. The number of aliphatic hydroxyl groups is 1. The lowest BCUT2D eigenvalue weighted by Gasteiger charge is -2.00. The minimum Gasteiger partial charge on any atom is -0.465 e. The number of aliphatic hydroxyl groups excluding tert-OH is 1. The van der Waals surface area contributed by atoms with Crippen LogP contribution >= 0.6 is 11.8 Å². The van der Waals surface area contributed by atoms with E-state index in [0.29, 0.717) is 12.4 Å². The number of rotatable bonds is 7. The Bertz CT molecular complexity index is 117. The summed E-state index contributed by atoms with van der Waals surface area (Å²) in [5.74, 6) is 1.20. The molecule has 0 aromatic heterocycles. The van der Waals surface area contributed by atoms with Crippen LogP contribution in [-0.4, -0.2) is 35.8 Å². The molecule has 0 aliphatic carbocycles. The molecule has 0 heterocycles. The number of carbonyl (C=O) groups excluding carboxylic acids is 1. The summed E-state index contributed by atoms with van der Waals surface area (Å²) in [6, 6.07) is 0. The molecule has 12 heavy (non-hydrogen) atoms. The molecule has 0 atom stereocenters. The van der Waals surface area contributed by atoms with Gasteiger partial charge in [0.1, 0.15) is 0 Å². The van der Waals surface area contributed by atoms with Crippen LogP contribution in [0.5, 0.6) is 0 Å². The molecule has 0 unspecified atom stereocenters. The van der Waals surface area contributed by atoms with Crippen molar-refractivity contribution >= 4 is 17.7 Å². The van der Waals surface area contributed by atoms with Gasteiger partial charge in [0.25, 0.3) is 0 Å². The standard InChI is InChI=1S/C8H16O3S/c1-2-11-8(10)7-12-6-4-3-5-9/h9H,2-7H2,1H3. The highest BCUT2D eigenvalue weighted by molar-refractivity contribution is 7.99. The van der Waals surface area contributed by atoms with Crippen molar-refractivity contribution in [3.63, 3.8) is 0 Å². The molecule has 1 N–H and O–H groups in total. The number of carbonyl (C=O) groups is 1. The van der Waals surface area contributed by atoms with Gasteiger partial charge >= 0.3 is 5.97 Å². The second kappa shape index (κ2) is 8.87. The molecule has 72 valence electrons. The first-order valence-electron chi connectivity index (χ1n) is 4.15. The van der Waals surface area contributed by atoms with Gasteiger partial charge in [0.15, 0.2) is 0 Å². The number of esters is 1. The maximum absolute atomic E-state index is 10.8. The van der Waals surface area contributed by atoms with Gasteiger partial charge < -0.3 is 9.84 Å². The minimum atomic E-state index is -0.147. The Morgan fingerprint density at radius 1 is 1.50 bits per heavy atom. The van der Waals surface area contributed by atoms with Gasteiger partial charge in [0, 0.05) is 6.61 Å². The lowest BCUT2D eigenvalue weighted by Crippen LogP contribution is -2.07. The molecule has 0 aliphatic rings. The molecule has 0 aromatic rings. The Morgan fingerprint density at radius 3 is 2.83 bits per heavy atom. The number of thioether (sulfide) groups is 1. The maximum Gasteiger partial charge on any atom is 0.315 e. The predicted octanol–water partition coefficient (Wildman–Crippen LogP) is 1.06. The number of hydrogen-bond acceptors (Lipinski definition) is 4. The van der Waals surface area contributed by atoms with Crippen LogP contribution in [0.25, 0.3) is 0 Å². The predicted molar refractivity (Wildman–Crippen MR) is 50.3 cm³/mol. The molecule has 0 saturated heterocycles. The van der Waals surface area contributed by atoms with E-state index in [2.05, 4.69) is 0 Å². The average molecular weight is 192 g/mol. The van der Waals surface area contributed by atoms with Crippen molar-refractivity contribution in [2.24, 2.45) is 0 Å². The van der Waals surface area contributed by atoms with Crippen LogP contribution in [0.15, 0.2) is 0 Å².